The lowest BCUT2D eigenvalue weighted by atomic mass is 10.1. The number of ether oxygens (including phenoxy) is 1. The van der Waals surface area contributed by atoms with Crippen LogP contribution in [0.3, 0.4) is 0 Å². The SMILES string of the molecule is CCOC(=O)Cc1noc(Cc2ccc(F)cc2)n1. The van der Waals surface area contributed by atoms with Gasteiger partial charge in [0.25, 0.3) is 0 Å². The minimum absolute atomic E-state index is 0.0131. The summed E-state index contributed by atoms with van der Waals surface area (Å²) in [5.74, 6) is -0.0182. The second-order valence-corrected chi connectivity index (χ2v) is 3.89. The number of hydrogen-bond acceptors (Lipinski definition) is 5. The minimum atomic E-state index is -0.392. The molecule has 19 heavy (non-hydrogen) atoms. The maximum Gasteiger partial charge on any atom is 0.313 e. The van der Waals surface area contributed by atoms with Crippen molar-refractivity contribution in [1.29, 1.82) is 0 Å². The molecule has 0 amide bonds. The lowest BCUT2D eigenvalue weighted by molar-refractivity contribution is -0.142. The highest BCUT2D eigenvalue weighted by Crippen LogP contribution is 2.09. The van der Waals surface area contributed by atoms with E-state index in [2.05, 4.69) is 10.1 Å². The van der Waals surface area contributed by atoms with Crippen molar-refractivity contribution in [2.24, 2.45) is 0 Å². The van der Waals surface area contributed by atoms with Gasteiger partial charge >= 0.3 is 5.97 Å². The monoisotopic (exact) mass is 264 g/mol. The zero-order chi connectivity index (χ0) is 13.7. The van der Waals surface area contributed by atoms with Gasteiger partial charge in [0.1, 0.15) is 12.2 Å². The van der Waals surface area contributed by atoms with Gasteiger partial charge in [-0.05, 0) is 24.6 Å². The van der Waals surface area contributed by atoms with Crippen LogP contribution in [0, 0.1) is 5.82 Å². The maximum absolute atomic E-state index is 12.7. The van der Waals surface area contributed by atoms with Gasteiger partial charge in [0.15, 0.2) is 5.82 Å². The molecule has 0 fully saturated rings. The summed E-state index contributed by atoms with van der Waals surface area (Å²) in [6.07, 6.45) is 0.386. The molecule has 0 N–H and O–H groups in total. The minimum Gasteiger partial charge on any atom is -0.466 e. The van der Waals surface area contributed by atoms with Crippen LogP contribution in [0.2, 0.25) is 0 Å². The van der Waals surface area contributed by atoms with Gasteiger partial charge in [0.05, 0.1) is 13.0 Å². The quantitative estimate of drug-likeness (QED) is 0.772. The van der Waals surface area contributed by atoms with E-state index in [4.69, 9.17) is 9.26 Å². The number of benzene rings is 1. The molecule has 0 bridgehead atoms. The first-order valence-electron chi connectivity index (χ1n) is 5.89. The lowest BCUT2D eigenvalue weighted by Crippen LogP contribution is -2.08. The first-order chi connectivity index (χ1) is 9.17. The molecule has 0 aliphatic rings. The molecule has 6 heteroatoms. The molecule has 0 atom stereocenters. The third-order valence-corrected chi connectivity index (χ3v) is 2.39. The molecule has 1 heterocycles. The molecule has 1 aromatic carbocycles. The number of nitrogens with zero attached hydrogens (tertiary/aromatic N) is 2. The molecule has 0 unspecified atom stereocenters. The molecule has 0 aliphatic carbocycles. The molecule has 0 spiro atoms. The van der Waals surface area contributed by atoms with Gasteiger partial charge in [-0.1, -0.05) is 17.3 Å². The van der Waals surface area contributed by atoms with E-state index in [0.29, 0.717) is 18.9 Å². The number of halogens is 1. The van der Waals surface area contributed by atoms with E-state index in [0.717, 1.165) is 5.56 Å². The van der Waals surface area contributed by atoms with Crippen molar-refractivity contribution in [3.8, 4) is 0 Å². The van der Waals surface area contributed by atoms with Crippen LogP contribution < -0.4 is 0 Å². The van der Waals surface area contributed by atoms with Crippen molar-refractivity contribution in [3.05, 3.63) is 47.4 Å². The molecule has 1 aromatic heterocycles. The van der Waals surface area contributed by atoms with Crippen molar-refractivity contribution in [3.63, 3.8) is 0 Å². The Morgan fingerprint density at radius 2 is 2.11 bits per heavy atom. The van der Waals surface area contributed by atoms with Crippen LogP contribution in [0.1, 0.15) is 24.2 Å². The van der Waals surface area contributed by atoms with Crippen molar-refractivity contribution in [1.82, 2.24) is 10.1 Å². The Hall–Kier alpha value is -2.24. The second-order valence-electron chi connectivity index (χ2n) is 3.89. The second kappa shape index (κ2) is 6.08. The van der Waals surface area contributed by atoms with Crippen molar-refractivity contribution in [2.75, 3.05) is 6.61 Å². The highest BCUT2D eigenvalue weighted by Gasteiger charge is 2.12. The Bertz CT molecular complexity index is 551. The molecule has 0 aliphatic heterocycles. The number of aromatic nitrogens is 2. The van der Waals surface area contributed by atoms with Crippen LogP contribution in [0.4, 0.5) is 4.39 Å². The zero-order valence-corrected chi connectivity index (χ0v) is 10.4. The van der Waals surface area contributed by atoms with Crippen molar-refractivity contribution >= 4 is 5.97 Å². The van der Waals surface area contributed by atoms with E-state index in [-0.39, 0.29) is 18.1 Å². The molecule has 0 radical (unpaired) electrons. The van der Waals surface area contributed by atoms with Crippen molar-refractivity contribution in [2.45, 2.75) is 19.8 Å². The van der Waals surface area contributed by atoms with E-state index in [1.807, 2.05) is 0 Å². The van der Waals surface area contributed by atoms with Crippen molar-refractivity contribution < 1.29 is 18.4 Å². The molecule has 0 saturated carbocycles. The zero-order valence-electron chi connectivity index (χ0n) is 10.4. The van der Waals surface area contributed by atoms with E-state index in [1.165, 1.54) is 12.1 Å². The lowest BCUT2D eigenvalue weighted by Gasteiger charge is -1.96. The highest BCUT2D eigenvalue weighted by molar-refractivity contribution is 5.71. The van der Waals surface area contributed by atoms with Gasteiger partial charge in [0.2, 0.25) is 5.89 Å². The number of esters is 1. The summed E-state index contributed by atoms with van der Waals surface area (Å²) in [7, 11) is 0. The average molecular weight is 264 g/mol. The summed E-state index contributed by atoms with van der Waals surface area (Å²) < 4.78 is 22.5. The van der Waals surface area contributed by atoms with Gasteiger partial charge < -0.3 is 9.26 Å². The van der Waals surface area contributed by atoms with E-state index >= 15 is 0 Å². The summed E-state index contributed by atoms with van der Waals surface area (Å²) in [5.41, 5.74) is 0.854. The highest BCUT2D eigenvalue weighted by atomic mass is 19.1. The topological polar surface area (TPSA) is 65.2 Å². The molecule has 2 aromatic rings. The number of rotatable bonds is 5. The van der Waals surface area contributed by atoms with Gasteiger partial charge in [-0.15, -0.1) is 0 Å². The summed E-state index contributed by atoms with van der Waals surface area (Å²) in [6.45, 7) is 2.05. The molecule has 0 saturated heterocycles. The molecular formula is C13H13FN2O3. The fourth-order valence-electron chi connectivity index (χ4n) is 1.55. The van der Waals surface area contributed by atoms with Crippen LogP contribution in [-0.2, 0) is 22.4 Å². The molecule has 2 rings (SSSR count). The van der Waals surface area contributed by atoms with Crippen LogP contribution in [0.25, 0.3) is 0 Å². The fourth-order valence-corrected chi connectivity index (χ4v) is 1.55. The molecular weight excluding hydrogens is 251 g/mol. The first-order valence-corrected chi connectivity index (χ1v) is 5.89. The Kier molecular flexibility index (Phi) is 4.22. The van der Waals surface area contributed by atoms with Crippen LogP contribution in [0.5, 0.6) is 0 Å². The van der Waals surface area contributed by atoms with Crippen LogP contribution >= 0.6 is 0 Å². The van der Waals surface area contributed by atoms with Gasteiger partial charge in [0, 0.05) is 0 Å². The average Bonchev–Trinajstić information content (AvgIpc) is 2.80. The Balaban J connectivity index is 1.97. The van der Waals surface area contributed by atoms with Gasteiger partial charge in [-0.2, -0.15) is 4.98 Å². The maximum atomic E-state index is 12.7. The van der Waals surface area contributed by atoms with Crippen LogP contribution in [0.15, 0.2) is 28.8 Å². The fraction of sp³-hybridized carbons (Fsp3) is 0.308. The van der Waals surface area contributed by atoms with Gasteiger partial charge in [-0.25, -0.2) is 4.39 Å². The van der Waals surface area contributed by atoms with E-state index in [9.17, 15) is 9.18 Å². The Morgan fingerprint density at radius 1 is 1.37 bits per heavy atom. The molecule has 5 nitrogen and oxygen atoms in total. The third kappa shape index (κ3) is 3.87. The number of hydrogen-bond donors (Lipinski definition) is 0. The largest absolute Gasteiger partial charge is 0.466 e. The van der Waals surface area contributed by atoms with Crippen LogP contribution in [-0.4, -0.2) is 22.7 Å². The summed E-state index contributed by atoms with van der Waals surface area (Å²) in [6, 6.07) is 6.02. The smallest absolute Gasteiger partial charge is 0.313 e. The Morgan fingerprint density at radius 3 is 2.79 bits per heavy atom. The summed E-state index contributed by atoms with van der Waals surface area (Å²) in [5, 5.41) is 3.69. The Labute approximate surface area is 109 Å². The number of carbonyl (C=O) groups excluding carboxylic acids is 1. The van der Waals surface area contributed by atoms with E-state index < -0.39 is 5.97 Å². The standard InChI is InChI=1S/C13H13FN2O3/c1-2-18-13(17)8-11-15-12(19-16-11)7-9-3-5-10(14)6-4-9/h3-6H,2,7-8H2,1H3. The third-order valence-electron chi connectivity index (χ3n) is 2.39. The summed E-state index contributed by atoms with van der Waals surface area (Å²) >= 11 is 0. The predicted molar refractivity (Wildman–Crippen MR) is 63.8 cm³/mol. The van der Waals surface area contributed by atoms with E-state index in [1.54, 1.807) is 19.1 Å². The number of carbonyl (C=O) groups is 1. The first kappa shape index (κ1) is 13.2. The predicted octanol–water partition coefficient (Wildman–Crippen LogP) is 1.91. The molecule has 100 valence electrons. The summed E-state index contributed by atoms with van der Waals surface area (Å²) in [4.78, 5) is 15.3. The normalized spacial score (nSPS) is 10.4. The van der Waals surface area contributed by atoms with Gasteiger partial charge in [-0.3, -0.25) is 4.79 Å².